The molecular formula is C81H157NO5. The summed E-state index contributed by atoms with van der Waals surface area (Å²) in [4.78, 5) is 24.6. The number of nitrogens with one attached hydrogen (secondary N) is 1. The zero-order valence-corrected chi connectivity index (χ0v) is 59.3. The normalized spacial score (nSPS) is 12.6. The lowest BCUT2D eigenvalue weighted by molar-refractivity contribution is -0.143. The summed E-state index contributed by atoms with van der Waals surface area (Å²) in [6.45, 7) is 4.95. The van der Waals surface area contributed by atoms with Crippen molar-refractivity contribution in [1.29, 1.82) is 0 Å². The van der Waals surface area contributed by atoms with Crippen LogP contribution in [0.4, 0.5) is 0 Å². The molecule has 0 heterocycles. The van der Waals surface area contributed by atoms with Gasteiger partial charge in [0.05, 0.1) is 25.4 Å². The first-order valence-corrected chi connectivity index (χ1v) is 40.1. The second-order valence-electron chi connectivity index (χ2n) is 27.8. The molecule has 0 rings (SSSR count). The number of carbonyl (C=O) groups is 2. The van der Waals surface area contributed by atoms with Crippen LogP contribution in [-0.2, 0) is 14.3 Å². The number of amides is 1. The Morgan fingerprint density at radius 3 is 0.816 bits per heavy atom. The highest BCUT2D eigenvalue weighted by atomic mass is 16.5. The van der Waals surface area contributed by atoms with Crippen LogP contribution in [0.15, 0.2) is 24.3 Å². The summed E-state index contributed by atoms with van der Waals surface area (Å²) in [5.74, 6) is -0.0436. The van der Waals surface area contributed by atoms with E-state index in [2.05, 4.69) is 31.3 Å². The predicted octanol–water partition coefficient (Wildman–Crippen LogP) is 26.4. The monoisotopic (exact) mass is 1220 g/mol. The number of unbranched alkanes of at least 4 members (excludes halogenated alkanes) is 63. The van der Waals surface area contributed by atoms with Gasteiger partial charge in [0.1, 0.15) is 0 Å². The summed E-state index contributed by atoms with van der Waals surface area (Å²) in [7, 11) is 0. The van der Waals surface area contributed by atoms with E-state index in [1.54, 1.807) is 6.08 Å². The minimum absolute atomic E-state index is 0.0145. The van der Waals surface area contributed by atoms with Gasteiger partial charge in [-0.3, -0.25) is 9.59 Å². The molecule has 6 nitrogen and oxygen atoms in total. The maximum atomic E-state index is 12.5. The molecule has 0 aliphatic rings. The van der Waals surface area contributed by atoms with E-state index in [0.29, 0.717) is 19.4 Å². The number of carbonyl (C=O) groups excluding carboxylic acids is 2. The Morgan fingerprint density at radius 1 is 0.310 bits per heavy atom. The van der Waals surface area contributed by atoms with Gasteiger partial charge in [-0.05, 0) is 57.8 Å². The van der Waals surface area contributed by atoms with Gasteiger partial charge in [0.2, 0.25) is 5.91 Å². The molecule has 0 aliphatic carbocycles. The molecule has 0 radical (unpaired) electrons. The molecule has 1 amide bonds. The van der Waals surface area contributed by atoms with Crippen molar-refractivity contribution < 1.29 is 24.5 Å². The van der Waals surface area contributed by atoms with Crippen molar-refractivity contribution in [2.45, 2.75) is 469 Å². The van der Waals surface area contributed by atoms with Crippen molar-refractivity contribution in [2.75, 3.05) is 13.2 Å². The van der Waals surface area contributed by atoms with E-state index in [9.17, 15) is 19.8 Å². The van der Waals surface area contributed by atoms with Crippen molar-refractivity contribution in [1.82, 2.24) is 5.32 Å². The van der Waals surface area contributed by atoms with E-state index in [0.717, 1.165) is 44.9 Å². The summed E-state index contributed by atoms with van der Waals surface area (Å²) >= 11 is 0. The molecule has 0 aromatic rings. The lowest BCUT2D eigenvalue weighted by Crippen LogP contribution is -2.45. The molecule has 2 unspecified atom stereocenters. The van der Waals surface area contributed by atoms with Crippen molar-refractivity contribution in [3.05, 3.63) is 24.3 Å². The van der Waals surface area contributed by atoms with Crippen LogP contribution in [0.3, 0.4) is 0 Å². The summed E-state index contributed by atoms with van der Waals surface area (Å²) in [5, 5.41) is 23.3. The van der Waals surface area contributed by atoms with Crippen LogP contribution in [0.5, 0.6) is 0 Å². The van der Waals surface area contributed by atoms with Gasteiger partial charge in [-0.2, -0.15) is 0 Å². The molecule has 0 aliphatic heterocycles. The first-order chi connectivity index (χ1) is 43.0. The number of hydrogen-bond acceptors (Lipinski definition) is 5. The molecule has 3 N–H and O–H groups in total. The van der Waals surface area contributed by atoms with Crippen LogP contribution < -0.4 is 5.32 Å². The Bertz CT molecular complexity index is 1360. The van der Waals surface area contributed by atoms with Crippen molar-refractivity contribution in [3.8, 4) is 0 Å². The Labute approximate surface area is 545 Å². The molecule has 0 saturated heterocycles. The van der Waals surface area contributed by atoms with Gasteiger partial charge < -0.3 is 20.3 Å². The van der Waals surface area contributed by atoms with Gasteiger partial charge in [-0.1, -0.05) is 411 Å². The number of ether oxygens (including phenoxy) is 1. The molecule has 516 valence electrons. The molecule has 0 aromatic carbocycles. The molecule has 0 fully saturated rings. The van der Waals surface area contributed by atoms with E-state index >= 15 is 0 Å². The number of aliphatic hydroxyl groups is 2. The van der Waals surface area contributed by atoms with Crippen molar-refractivity contribution in [3.63, 3.8) is 0 Å². The minimum atomic E-state index is -0.842. The lowest BCUT2D eigenvalue weighted by atomic mass is 10.0. The Morgan fingerprint density at radius 2 is 0.540 bits per heavy atom. The molecule has 0 saturated carbocycles. The smallest absolute Gasteiger partial charge is 0.305 e. The van der Waals surface area contributed by atoms with Gasteiger partial charge in [0.15, 0.2) is 0 Å². The first-order valence-electron chi connectivity index (χ1n) is 40.1. The van der Waals surface area contributed by atoms with Gasteiger partial charge in [-0.25, -0.2) is 0 Å². The summed E-state index contributed by atoms with van der Waals surface area (Å²) in [6.07, 6.45) is 98.8. The highest BCUT2D eigenvalue weighted by Gasteiger charge is 2.18. The largest absolute Gasteiger partial charge is 0.466 e. The number of allylic oxidation sites excluding steroid dienone is 3. The second kappa shape index (κ2) is 76.8. The SMILES string of the molecule is CCCCCCCC/C=C\CCCCCCCC(=O)OCCCCCCCCCCCCCCCCCCCCCCCCCCCCCCCCCCCC(=O)NC(CO)C(O)/C=C/CCCCCCCCCCCCCCCCCCCCCC. The first kappa shape index (κ1) is 85.3. The Balaban J connectivity index is 3.34. The number of aliphatic hydroxyl groups excluding tert-OH is 2. The van der Waals surface area contributed by atoms with E-state index in [1.807, 2.05) is 6.08 Å². The highest BCUT2D eigenvalue weighted by molar-refractivity contribution is 5.76. The summed E-state index contributed by atoms with van der Waals surface area (Å²) in [6, 6.07) is -0.625. The van der Waals surface area contributed by atoms with Crippen LogP contribution in [0.25, 0.3) is 0 Å². The van der Waals surface area contributed by atoms with Crippen molar-refractivity contribution >= 4 is 11.9 Å². The van der Waals surface area contributed by atoms with Gasteiger partial charge in [0, 0.05) is 12.8 Å². The van der Waals surface area contributed by atoms with Crippen molar-refractivity contribution in [2.24, 2.45) is 0 Å². The molecule has 2 atom stereocenters. The topological polar surface area (TPSA) is 95.9 Å². The van der Waals surface area contributed by atoms with Gasteiger partial charge in [-0.15, -0.1) is 0 Å². The quantitative estimate of drug-likeness (QED) is 0.0320. The van der Waals surface area contributed by atoms with E-state index in [1.165, 1.54) is 385 Å². The standard InChI is InChI=1S/C81H157NO5/c1-3-5-7-9-11-13-15-17-19-20-21-22-36-39-42-46-49-53-57-61-65-69-73-79(84)78(77-83)82-80(85)74-70-66-62-58-54-50-47-43-40-37-34-32-30-28-26-24-23-25-27-29-31-33-35-38-41-44-48-52-56-60-64-68-72-76-87-81(86)75-71-67-63-59-55-51-45-18-16-14-12-10-8-6-4-2/h18,45,69,73,78-79,83-84H,3-17,19-44,46-68,70-72,74-77H2,1-2H3,(H,82,85)/b45-18-,73-69+. The molecule has 0 spiro atoms. The number of rotatable bonds is 76. The lowest BCUT2D eigenvalue weighted by Gasteiger charge is -2.20. The highest BCUT2D eigenvalue weighted by Crippen LogP contribution is 2.20. The molecule has 0 bridgehead atoms. The van der Waals surface area contributed by atoms with Crippen LogP contribution in [0.1, 0.15) is 457 Å². The van der Waals surface area contributed by atoms with Crippen LogP contribution in [0, 0.1) is 0 Å². The molecule has 0 aromatic heterocycles. The zero-order valence-electron chi connectivity index (χ0n) is 59.3. The fourth-order valence-electron chi connectivity index (χ4n) is 12.9. The second-order valence-corrected chi connectivity index (χ2v) is 27.8. The summed E-state index contributed by atoms with van der Waals surface area (Å²) in [5.41, 5.74) is 0. The van der Waals surface area contributed by atoms with E-state index in [4.69, 9.17) is 4.74 Å². The summed E-state index contributed by atoms with van der Waals surface area (Å²) < 4.78 is 5.50. The molecule has 6 heteroatoms. The maximum Gasteiger partial charge on any atom is 0.305 e. The zero-order chi connectivity index (χ0) is 62.8. The van der Waals surface area contributed by atoms with Crippen LogP contribution in [0.2, 0.25) is 0 Å². The molecular weight excluding hydrogens is 1070 g/mol. The molecule has 87 heavy (non-hydrogen) atoms. The maximum absolute atomic E-state index is 12.5. The van der Waals surface area contributed by atoms with Crippen LogP contribution in [-0.4, -0.2) is 47.4 Å². The Hall–Kier alpha value is -1.66. The van der Waals surface area contributed by atoms with E-state index < -0.39 is 12.1 Å². The number of esters is 1. The predicted molar refractivity (Wildman–Crippen MR) is 384 cm³/mol. The van der Waals surface area contributed by atoms with Gasteiger partial charge >= 0.3 is 5.97 Å². The third-order valence-electron chi connectivity index (χ3n) is 19.0. The Kier molecular flexibility index (Phi) is 75.3. The third-order valence-corrected chi connectivity index (χ3v) is 19.0. The van der Waals surface area contributed by atoms with Crippen LogP contribution >= 0.6 is 0 Å². The average Bonchev–Trinajstić information content (AvgIpc) is 3.52. The number of hydrogen-bond donors (Lipinski definition) is 3. The van der Waals surface area contributed by atoms with E-state index in [-0.39, 0.29) is 18.5 Å². The fourth-order valence-corrected chi connectivity index (χ4v) is 12.9. The van der Waals surface area contributed by atoms with Gasteiger partial charge in [0.25, 0.3) is 0 Å². The fraction of sp³-hybridized carbons (Fsp3) is 0.926. The average molecular weight is 1230 g/mol. The third kappa shape index (κ3) is 73.3. The minimum Gasteiger partial charge on any atom is -0.466 e.